The van der Waals surface area contributed by atoms with Crippen LogP contribution in [0.3, 0.4) is 0 Å². The number of para-hydroxylation sites is 1. The van der Waals surface area contributed by atoms with Crippen molar-refractivity contribution < 1.29 is 21.2 Å². The summed E-state index contributed by atoms with van der Waals surface area (Å²) in [5, 5.41) is -0.0694. The molecule has 4 heteroatoms. The summed E-state index contributed by atoms with van der Waals surface area (Å²) >= 11 is 0. The average molecular weight is 305 g/mol. The lowest BCUT2D eigenvalue weighted by Gasteiger charge is -2.23. The molecule has 0 radical (unpaired) electrons. The fraction of sp³-hybridized carbons (Fsp3) is 0.333. The predicted octanol–water partition coefficient (Wildman–Crippen LogP) is 3.13. The Bertz CT molecular complexity index is 1350. The number of aromatic nitrogens is 3. The zero-order chi connectivity index (χ0) is 25.8. The van der Waals surface area contributed by atoms with Crippen molar-refractivity contribution in [3.05, 3.63) is 53.7 Å². The second-order valence-electron chi connectivity index (χ2n) is 4.86. The van der Waals surface area contributed by atoms with E-state index < -0.39 is 61.5 Å². The van der Waals surface area contributed by atoms with Crippen molar-refractivity contribution in [3.8, 4) is 0 Å². The Hall–Kier alpha value is -2.36. The lowest BCUT2D eigenvalue weighted by molar-refractivity contribution is 0.0888. The first kappa shape index (κ1) is 5.69. The first-order valence-corrected chi connectivity index (χ1v) is 6.57. The van der Waals surface area contributed by atoms with Gasteiger partial charge in [0.1, 0.15) is 5.82 Å². The Balaban J connectivity index is 2.18. The van der Waals surface area contributed by atoms with E-state index in [0.717, 1.165) is 0 Å². The quantitative estimate of drug-likeness (QED) is 0.730. The standard InChI is InChI=1S/C18H19N3O/c1-12-19-9-10-21(12)11-13-7-8-16-17(18(13)22)14-5-3-4-6-15(14)20(16)2/h3-6,9-10,13H,7-8,11H2,1-2H3/i2D3,7D2,8D2,9D,10D,11D2,13D. The lowest BCUT2D eigenvalue weighted by Crippen LogP contribution is -2.27. The van der Waals surface area contributed by atoms with Gasteiger partial charge >= 0.3 is 0 Å². The largest absolute Gasteiger partial charge is 0.347 e. The van der Waals surface area contributed by atoms with Gasteiger partial charge in [0, 0.05) is 64.8 Å². The van der Waals surface area contributed by atoms with Gasteiger partial charge in [0.25, 0.3) is 0 Å². The molecule has 2 heterocycles. The number of hydrogen-bond acceptors (Lipinski definition) is 2. The van der Waals surface area contributed by atoms with Crippen molar-refractivity contribution in [1.29, 1.82) is 0 Å². The van der Waals surface area contributed by atoms with Crippen molar-refractivity contribution in [1.82, 2.24) is 14.1 Å². The van der Waals surface area contributed by atoms with Crippen LogP contribution in [0.25, 0.3) is 10.9 Å². The molecule has 1 aromatic carbocycles. The molecule has 4 rings (SSSR count). The van der Waals surface area contributed by atoms with Crippen molar-refractivity contribution in [2.45, 2.75) is 26.2 Å². The third-order valence-electron chi connectivity index (χ3n) is 3.56. The molecule has 112 valence electrons. The van der Waals surface area contributed by atoms with E-state index in [9.17, 15) is 4.79 Å². The van der Waals surface area contributed by atoms with Gasteiger partial charge < -0.3 is 9.13 Å². The summed E-state index contributed by atoms with van der Waals surface area (Å²) in [4.78, 5) is 17.5. The number of hydrogen-bond donors (Lipinski definition) is 0. The summed E-state index contributed by atoms with van der Waals surface area (Å²) < 4.78 is 101. The Morgan fingerprint density at radius 3 is 3.23 bits per heavy atom. The molecule has 1 aliphatic rings. The van der Waals surface area contributed by atoms with E-state index in [4.69, 9.17) is 16.4 Å². The highest BCUT2D eigenvalue weighted by Gasteiger charge is 2.32. The smallest absolute Gasteiger partial charge is 0.170 e. The molecule has 0 saturated carbocycles. The van der Waals surface area contributed by atoms with Crippen LogP contribution in [0.15, 0.2) is 36.6 Å². The van der Waals surface area contributed by atoms with Gasteiger partial charge in [0.05, 0.1) is 5.48 Å². The highest BCUT2D eigenvalue weighted by atomic mass is 16.1. The van der Waals surface area contributed by atoms with Gasteiger partial charge in [-0.3, -0.25) is 4.79 Å². The van der Waals surface area contributed by atoms with E-state index in [1.54, 1.807) is 0 Å². The molecule has 3 aromatic rings. The molecule has 0 N–H and O–H groups in total. The summed E-state index contributed by atoms with van der Waals surface area (Å²) in [5.74, 6) is -5.30. The highest BCUT2D eigenvalue weighted by Crippen LogP contribution is 2.34. The van der Waals surface area contributed by atoms with Gasteiger partial charge in [0.15, 0.2) is 5.78 Å². The van der Waals surface area contributed by atoms with Crippen molar-refractivity contribution in [3.63, 3.8) is 0 Å². The molecule has 1 aliphatic carbocycles. The topological polar surface area (TPSA) is 39.8 Å². The number of rotatable bonds is 2. The Labute approximate surface area is 146 Å². The first-order valence-electron chi connectivity index (χ1n) is 12.6. The molecule has 4 nitrogen and oxygen atoms in total. The molecule has 0 amide bonds. The van der Waals surface area contributed by atoms with E-state index in [-0.39, 0.29) is 16.7 Å². The van der Waals surface area contributed by atoms with Crippen LogP contribution < -0.4 is 0 Å². The molecule has 0 bridgehead atoms. The first-order chi connectivity index (χ1) is 15.3. The van der Waals surface area contributed by atoms with Crippen molar-refractivity contribution in [2.75, 3.05) is 0 Å². The second kappa shape index (κ2) is 4.83. The molecule has 0 fully saturated rings. The summed E-state index contributed by atoms with van der Waals surface area (Å²) in [6.45, 7) is -5.21. The van der Waals surface area contributed by atoms with Crippen molar-refractivity contribution >= 4 is 16.7 Å². The van der Waals surface area contributed by atoms with E-state index in [1.807, 2.05) is 0 Å². The third-order valence-corrected chi connectivity index (χ3v) is 3.56. The molecule has 2 aromatic heterocycles. The van der Waals surface area contributed by atoms with Gasteiger partial charge in [-0.15, -0.1) is 0 Å². The van der Waals surface area contributed by atoms with E-state index in [0.29, 0.717) is 9.13 Å². The number of imidazole rings is 1. The van der Waals surface area contributed by atoms with Crippen LogP contribution in [0.2, 0.25) is 0 Å². The van der Waals surface area contributed by atoms with Crippen LogP contribution in [0.4, 0.5) is 0 Å². The number of carbonyl (C=O) groups is 1. The van der Waals surface area contributed by atoms with Crippen LogP contribution >= 0.6 is 0 Å². The van der Waals surface area contributed by atoms with Gasteiger partial charge in [-0.25, -0.2) is 4.98 Å². The van der Waals surface area contributed by atoms with Crippen LogP contribution in [0, 0.1) is 12.8 Å². The van der Waals surface area contributed by atoms with Crippen LogP contribution in [-0.4, -0.2) is 19.9 Å². The number of carbonyl (C=O) groups excluding carboxylic acids is 1. The SMILES string of the molecule is [2H]c1nc(C)n(C([2H])([2H])C2([2H])C(=O)c3c(n(C([2H])([2H])[2H])c4ccccc34)C([2H])([2H])C2([2H])[2H])c1[2H]. The number of ketones is 1. The number of aryl methyl sites for hydroxylation is 2. The maximum atomic E-state index is 13.9. The minimum absolute atomic E-state index is 0.0694. The molecule has 1 unspecified atom stereocenters. The Morgan fingerprint density at radius 1 is 1.59 bits per heavy atom. The molecule has 22 heavy (non-hydrogen) atoms. The van der Waals surface area contributed by atoms with Gasteiger partial charge in [0.2, 0.25) is 0 Å². The minimum atomic E-state index is -3.63. The molecule has 0 saturated heterocycles. The Kier molecular flexibility index (Phi) is 1.25. The fourth-order valence-corrected chi connectivity index (χ4v) is 2.48. The van der Waals surface area contributed by atoms with Gasteiger partial charge in [-0.1, -0.05) is 18.2 Å². The van der Waals surface area contributed by atoms with E-state index in [1.165, 1.54) is 31.2 Å². The monoisotopic (exact) mass is 305 g/mol. The zero-order valence-corrected chi connectivity index (χ0v) is 11.6. The van der Waals surface area contributed by atoms with Crippen molar-refractivity contribution in [2.24, 2.45) is 12.9 Å². The number of fused-ring (bicyclic) bond motifs is 3. The van der Waals surface area contributed by atoms with Crippen LogP contribution in [0.5, 0.6) is 0 Å². The minimum Gasteiger partial charge on any atom is -0.347 e. The fourth-order valence-electron chi connectivity index (χ4n) is 2.48. The third kappa shape index (κ3) is 1.83. The van der Waals surface area contributed by atoms with Gasteiger partial charge in [-0.2, -0.15) is 0 Å². The van der Waals surface area contributed by atoms with Gasteiger partial charge in [-0.05, 0) is 25.7 Å². The number of nitrogens with zero attached hydrogens (tertiary/aromatic N) is 3. The molecule has 1 atom stereocenters. The van der Waals surface area contributed by atoms with E-state index >= 15 is 0 Å². The zero-order valence-electron chi connectivity index (χ0n) is 23.6. The maximum Gasteiger partial charge on any atom is 0.170 e. The summed E-state index contributed by atoms with van der Waals surface area (Å²) in [5.41, 5.74) is -1.52. The molecule has 0 aliphatic heterocycles. The van der Waals surface area contributed by atoms with E-state index in [2.05, 4.69) is 4.98 Å². The maximum absolute atomic E-state index is 13.9. The highest BCUT2D eigenvalue weighted by molar-refractivity contribution is 6.11. The van der Waals surface area contributed by atoms with Crippen LogP contribution in [0.1, 0.15) is 44.7 Å². The summed E-state index contributed by atoms with van der Waals surface area (Å²) in [6, 6.07) is 5.54. The Morgan fingerprint density at radius 2 is 2.45 bits per heavy atom. The second-order valence-corrected chi connectivity index (χ2v) is 4.86. The van der Waals surface area contributed by atoms with Crippen LogP contribution in [-0.2, 0) is 19.8 Å². The molecular formula is C18H19N3O. The number of Topliss-reactive ketones (excluding diaryl/α,β-unsaturated/α-hetero) is 1. The average Bonchev–Trinajstić information content (AvgIpc) is 3.19. The molecular weight excluding hydrogens is 274 g/mol. The summed E-state index contributed by atoms with van der Waals surface area (Å²) in [7, 11) is 0. The normalized spacial score (nSPS) is 35.0. The lowest BCUT2D eigenvalue weighted by atomic mass is 9.85. The predicted molar refractivity (Wildman–Crippen MR) is 86.0 cm³/mol. The summed E-state index contributed by atoms with van der Waals surface area (Å²) in [6.07, 6.45) is -8.46. The number of benzene rings is 1. The molecule has 0 spiro atoms.